The number of furan rings is 1. The van der Waals surface area contributed by atoms with Gasteiger partial charge in [0.1, 0.15) is 23.2 Å². The number of nitrogen functional groups attached to an aromatic ring is 1. The fourth-order valence-corrected chi connectivity index (χ4v) is 1.94. The van der Waals surface area contributed by atoms with Crippen LogP contribution in [0.4, 0.5) is 11.6 Å². The Hall–Kier alpha value is -2.04. The van der Waals surface area contributed by atoms with Crippen LogP contribution in [0.2, 0.25) is 0 Å². The first-order chi connectivity index (χ1) is 9.29. The molecule has 2 N–H and O–H groups in total. The summed E-state index contributed by atoms with van der Waals surface area (Å²) in [6, 6.07) is 3.83. The van der Waals surface area contributed by atoms with E-state index >= 15 is 0 Å². The third-order valence-corrected chi connectivity index (χ3v) is 3.16. The van der Waals surface area contributed by atoms with Crippen molar-refractivity contribution in [2.75, 3.05) is 17.7 Å². The number of nitrogens with zero attached hydrogens (tertiary/aromatic N) is 3. The Morgan fingerprint density at radius 1 is 1.30 bits per heavy atom. The van der Waals surface area contributed by atoms with Crippen molar-refractivity contribution in [1.29, 1.82) is 0 Å². The van der Waals surface area contributed by atoms with Crippen LogP contribution in [0.25, 0.3) is 0 Å². The Kier molecular flexibility index (Phi) is 3.70. The summed E-state index contributed by atoms with van der Waals surface area (Å²) in [4.78, 5) is 11.1. The molecule has 2 aromatic heterocycles. The van der Waals surface area contributed by atoms with Gasteiger partial charge in [0.05, 0.1) is 12.8 Å². The van der Waals surface area contributed by atoms with Gasteiger partial charge in [-0.25, -0.2) is 9.97 Å². The molecular weight excluding hydrogens is 252 g/mol. The minimum atomic E-state index is -0.137. The zero-order valence-corrected chi connectivity index (χ0v) is 12.8. The second-order valence-corrected chi connectivity index (χ2v) is 6.07. The van der Waals surface area contributed by atoms with Gasteiger partial charge in [-0.1, -0.05) is 20.8 Å². The molecule has 0 saturated heterocycles. The van der Waals surface area contributed by atoms with Gasteiger partial charge in [0, 0.05) is 18.0 Å². The molecule has 0 atom stereocenters. The summed E-state index contributed by atoms with van der Waals surface area (Å²) >= 11 is 0. The minimum absolute atomic E-state index is 0.137. The Labute approximate surface area is 119 Å². The van der Waals surface area contributed by atoms with Crippen molar-refractivity contribution >= 4 is 11.6 Å². The van der Waals surface area contributed by atoms with E-state index in [1.165, 1.54) is 0 Å². The van der Waals surface area contributed by atoms with Gasteiger partial charge in [-0.05, 0) is 19.1 Å². The van der Waals surface area contributed by atoms with Crippen LogP contribution in [0.1, 0.15) is 37.9 Å². The van der Waals surface area contributed by atoms with Crippen LogP contribution in [-0.4, -0.2) is 17.0 Å². The predicted molar refractivity (Wildman–Crippen MR) is 80.7 cm³/mol. The van der Waals surface area contributed by atoms with Crippen molar-refractivity contribution in [3.8, 4) is 0 Å². The van der Waals surface area contributed by atoms with E-state index < -0.39 is 0 Å². The molecule has 2 heterocycles. The van der Waals surface area contributed by atoms with E-state index in [4.69, 9.17) is 10.2 Å². The van der Waals surface area contributed by atoms with E-state index in [0.717, 1.165) is 23.0 Å². The van der Waals surface area contributed by atoms with Gasteiger partial charge in [0.25, 0.3) is 0 Å². The zero-order chi connectivity index (χ0) is 14.9. The molecule has 0 amide bonds. The summed E-state index contributed by atoms with van der Waals surface area (Å²) in [5.41, 5.74) is 6.79. The Morgan fingerprint density at radius 2 is 2.00 bits per heavy atom. The molecule has 5 heteroatoms. The van der Waals surface area contributed by atoms with E-state index in [1.54, 1.807) is 6.26 Å². The molecule has 0 saturated carbocycles. The monoisotopic (exact) mass is 274 g/mol. The van der Waals surface area contributed by atoms with Crippen molar-refractivity contribution < 1.29 is 4.42 Å². The smallest absolute Gasteiger partial charge is 0.138 e. The summed E-state index contributed by atoms with van der Waals surface area (Å²) in [5, 5.41) is 0. The van der Waals surface area contributed by atoms with Crippen LogP contribution in [0.15, 0.2) is 22.8 Å². The summed E-state index contributed by atoms with van der Waals surface area (Å²) in [7, 11) is 1.98. The van der Waals surface area contributed by atoms with Crippen molar-refractivity contribution in [3.63, 3.8) is 0 Å². The van der Waals surface area contributed by atoms with E-state index in [-0.39, 0.29) is 5.41 Å². The number of aromatic nitrogens is 2. The number of anilines is 2. The Balaban J connectivity index is 2.37. The van der Waals surface area contributed by atoms with Gasteiger partial charge in [0.2, 0.25) is 0 Å². The maximum atomic E-state index is 6.03. The van der Waals surface area contributed by atoms with E-state index in [9.17, 15) is 0 Å². The molecule has 2 rings (SSSR count). The van der Waals surface area contributed by atoms with Gasteiger partial charge >= 0.3 is 0 Å². The first kappa shape index (κ1) is 14.4. The van der Waals surface area contributed by atoms with E-state index in [1.807, 2.05) is 31.0 Å². The number of rotatable bonds is 3. The lowest BCUT2D eigenvalue weighted by Gasteiger charge is -2.24. The van der Waals surface area contributed by atoms with Crippen molar-refractivity contribution in [1.82, 2.24) is 9.97 Å². The summed E-state index contributed by atoms with van der Waals surface area (Å²) in [6.07, 6.45) is 1.67. The number of hydrogen-bond donors (Lipinski definition) is 1. The molecule has 0 aromatic carbocycles. The molecule has 0 unspecified atom stereocenters. The molecule has 0 fully saturated rings. The van der Waals surface area contributed by atoms with Crippen LogP contribution in [0.3, 0.4) is 0 Å². The molecule has 0 radical (unpaired) electrons. The lowest BCUT2D eigenvalue weighted by atomic mass is 9.95. The van der Waals surface area contributed by atoms with Gasteiger partial charge < -0.3 is 15.1 Å². The van der Waals surface area contributed by atoms with Crippen LogP contribution in [-0.2, 0) is 12.0 Å². The van der Waals surface area contributed by atoms with Crippen LogP contribution >= 0.6 is 0 Å². The van der Waals surface area contributed by atoms with E-state index in [2.05, 4.69) is 30.7 Å². The largest absolute Gasteiger partial charge is 0.467 e. The molecule has 0 aliphatic heterocycles. The fraction of sp³-hybridized carbons (Fsp3) is 0.467. The summed E-state index contributed by atoms with van der Waals surface area (Å²) < 4.78 is 5.38. The SMILES string of the molecule is Cc1c(N)nc(C(C)(C)C)nc1N(C)Cc1ccco1. The highest BCUT2D eigenvalue weighted by atomic mass is 16.3. The highest BCUT2D eigenvalue weighted by Gasteiger charge is 2.21. The number of hydrogen-bond acceptors (Lipinski definition) is 5. The maximum Gasteiger partial charge on any atom is 0.138 e. The van der Waals surface area contributed by atoms with Gasteiger partial charge in [0.15, 0.2) is 0 Å². The van der Waals surface area contributed by atoms with E-state index in [0.29, 0.717) is 12.4 Å². The third kappa shape index (κ3) is 2.92. The molecule has 5 nitrogen and oxygen atoms in total. The average Bonchev–Trinajstić information content (AvgIpc) is 2.83. The molecule has 20 heavy (non-hydrogen) atoms. The predicted octanol–water partition coefficient (Wildman–Crippen LogP) is 2.89. The first-order valence-electron chi connectivity index (χ1n) is 6.67. The zero-order valence-electron chi connectivity index (χ0n) is 12.8. The lowest BCUT2D eigenvalue weighted by Crippen LogP contribution is -2.24. The minimum Gasteiger partial charge on any atom is -0.467 e. The average molecular weight is 274 g/mol. The quantitative estimate of drug-likeness (QED) is 0.932. The second-order valence-electron chi connectivity index (χ2n) is 6.07. The first-order valence-corrected chi connectivity index (χ1v) is 6.67. The lowest BCUT2D eigenvalue weighted by molar-refractivity contribution is 0.505. The van der Waals surface area contributed by atoms with Crippen molar-refractivity contribution in [2.45, 2.75) is 39.7 Å². The normalized spacial score (nSPS) is 11.7. The van der Waals surface area contributed by atoms with Crippen molar-refractivity contribution in [2.24, 2.45) is 0 Å². The molecule has 0 spiro atoms. The topological polar surface area (TPSA) is 68.2 Å². The standard InChI is InChI=1S/C15H22N4O/c1-10-12(16)17-14(15(2,3)4)18-13(10)19(5)9-11-7-6-8-20-11/h6-8H,9H2,1-5H3,(H2,16,17,18). The molecule has 108 valence electrons. The molecule has 0 bridgehead atoms. The molecular formula is C15H22N4O. The molecule has 2 aromatic rings. The van der Waals surface area contributed by atoms with Crippen LogP contribution < -0.4 is 10.6 Å². The fourth-order valence-electron chi connectivity index (χ4n) is 1.94. The molecule has 0 aliphatic carbocycles. The van der Waals surface area contributed by atoms with Gasteiger partial charge in [-0.2, -0.15) is 0 Å². The summed E-state index contributed by atoms with van der Waals surface area (Å²) in [6.45, 7) is 8.82. The highest BCUT2D eigenvalue weighted by molar-refractivity contribution is 5.56. The third-order valence-electron chi connectivity index (χ3n) is 3.16. The Bertz CT molecular complexity index is 585. The Morgan fingerprint density at radius 3 is 2.55 bits per heavy atom. The van der Waals surface area contributed by atoms with Crippen molar-refractivity contribution in [3.05, 3.63) is 35.5 Å². The van der Waals surface area contributed by atoms with Crippen LogP contribution in [0, 0.1) is 6.92 Å². The van der Waals surface area contributed by atoms with Gasteiger partial charge in [-0.3, -0.25) is 0 Å². The summed E-state index contributed by atoms with van der Waals surface area (Å²) in [5.74, 6) is 3.02. The maximum absolute atomic E-state index is 6.03. The molecule has 0 aliphatic rings. The van der Waals surface area contributed by atoms with Gasteiger partial charge in [-0.15, -0.1) is 0 Å². The number of nitrogens with two attached hydrogens (primary N) is 1. The highest BCUT2D eigenvalue weighted by Crippen LogP contribution is 2.27. The second kappa shape index (κ2) is 5.15. The van der Waals surface area contributed by atoms with Crippen LogP contribution in [0.5, 0.6) is 0 Å².